The van der Waals surface area contributed by atoms with Gasteiger partial charge in [0.1, 0.15) is 35.4 Å². The third-order valence-corrected chi connectivity index (χ3v) is 7.93. The Bertz CT molecular complexity index is 1510. The number of aryl methyl sites for hydroxylation is 1. The largest absolute Gasteiger partial charge is 0.491 e. The monoisotopic (exact) mass is 552 g/mol. The number of anilines is 2. The van der Waals surface area contributed by atoms with Gasteiger partial charge in [-0.1, -0.05) is 0 Å². The number of hydrogen-bond acceptors (Lipinski definition) is 11. The van der Waals surface area contributed by atoms with Gasteiger partial charge < -0.3 is 14.4 Å². The molecule has 2 aliphatic heterocycles. The third kappa shape index (κ3) is 4.80. The van der Waals surface area contributed by atoms with E-state index in [-0.39, 0.29) is 12.4 Å². The molecule has 0 unspecified atom stereocenters. The van der Waals surface area contributed by atoms with Crippen molar-refractivity contribution in [2.24, 2.45) is 17.9 Å². The molecule has 0 aliphatic carbocycles. The maximum atomic E-state index is 13.3. The number of nitrogens with zero attached hydrogens (tertiary/aromatic N) is 9. The third-order valence-electron chi connectivity index (χ3n) is 7.15. The van der Waals surface area contributed by atoms with Crippen LogP contribution in [0.25, 0.3) is 5.78 Å². The molecule has 0 amide bonds. The first-order valence-electron chi connectivity index (χ1n) is 12.9. The number of aromatic nitrogens is 5. The summed E-state index contributed by atoms with van der Waals surface area (Å²) in [5.74, 6) is 8.22. The van der Waals surface area contributed by atoms with Crippen molar-refractivity contribution in [3.63, 3.8) is 0 Å². The van der Waals surface area contributed by atoms with Crippen molar-refractivity contribution in [1.82, 2.24) is 28.6 Å². The molecule has 0 radical (unpaired) electrons. The van der Waals surface area contributed by atoms with Crippen molar-refractivity contribution in [2.75, 3.05) is 69.6 Å². The Hall–Kier alpha value is -3.72. The lowest BCUT2D eigenvalue weighted by Gasteiger charge is -2.36. The minimum absolute atomic E-state index is 0.126. The lowest BCUT2D eigenvalue weighted by Crippen LogP contribution is -2.47. The Morgan fingerprint density at radius 1 is 1.08 bits per heavy atom. The molecule has 0 bridgehead atoms. The topological polar surface area (TPSA) is 124 Å². The molecule has 1 fully saturated rings. The molecule has 4 aromatic rings. The Morgan fingerprint density at radius 3 is 2.59 bits per heavy atom. The summed E-state index contributed by atoms with van der Waals surface area (Å²) < 4.78 is 15.8. The van der Waals surface area contributed by atoms with E-state index in [0.717, 1.165) is 43.5 Å². The molecule has 3 aromatic heterocycles. The van der Waals surface area contributed by atoms with Gasteiger partial charge in [-0.25, -0.2) is 24.8 Å². The lowest BCUT2D eigenvalue weighted by atomic mass is 10.2. The van der Waals surface area contributed by atoms with Crippen LogP contribution in [0, 0.1) is 0 Å². The van der Waals surface area contributed by atoms with Crippen LogP contribution in [0.4, 0.5) is 11.5 Å². The van der Waals surface area contributed by atoms with Crippen LogP contribution in [-0.2, 0) is 18.3 Å². The summed E-state index contributed by atoms with van der Waals surface area (Å²) in [5.41, 5.74) is 2.45. The molecule has 1 saturated heterocycles. The van der Waals surface area contributed by atoms with Crippen LogP contribution in [-0.4, -0.2) is 94.1 Å². The first-order valence-corrected chi connectivity index (χ1v) is 13.8. The number of hydrazine groups is 1. The van der Waals surface area contributed by atoms with Gasteiger partial charge in [-0.05, 0) is 24.3 Å². The van der Waals surface area contributed by atoms with Gasteiger partial charge in [0.2, 0.25) is 5.78 Å². The van der Waals surface area contributed by atoms with E-state index in [2.05, 4.69) is 31.9 Å². The van der Waals surface area contributed by atoms with Crippen LogP contribution in [0.2, 0.25) is 0 Å². The summed E-state index contributed by atoms with van der Waals surface area (Å²) in [6, 6.07) is 8.20. The van der Waals surface area contributed by atoms with E-state index in [1.165, 1.54) is 22.0 Å². The van der Waals surface area contributed by atoms with Crippen LogP contribution in [0.3, 0.4) is 0 Å². The fourth-order valence-electron chi connectivity index (χ4n) is 5.06. The summed E-state index contributed by atoms with van der Waals surface area (Å²) >= 11 is 1.50. The first-order chi connectivity index (χ1) is 19.0. The van der Waals surface area contributed by atoms with Gasteiger partial charge in [-0.15, -0.1) is 11.3 Å². The highest BCUT2D eigenvalue weighted by Gasteiger charge is 2.31. The van der Waals surface area contributed by atoms with Crippen LogP contribution in [0.1, 0.15) is 10.7 Å². The van der Waals surface area contributed by atoms with Gasteiger partial charge in [0.15, 0.2) is 5.82 Å². The Balaban J connectivity index is 1.14. The zero-order valence-corrected chi connectivity index (χ0v) is 22.9. The molecule has 0 atom stereocenters. The van der Waals surface area contributed by atoms with Gasteiger partial charge in [-0.3, -0.25) is 19.5 Å². The minimum Gasteiger partial charge on any atom is -0.491 e. The molecule has 0 saturated carbocycles. The van der Waals surface area contributed by atoms with Gasteiger partial charge in [-0.2, -0.15) is 4.98 Å². The van der Waals surface area contributed by atoms with E-state index < -0.39 is 0 Å². The van der Waals surface area contributed by atoms with E-state index in [4.69, 9.17) is 20.3 Å². The number of rotatable bonds is 9. The number of methoxy groups -OCH3 is 1. The number of ether oxygens (including phenoxy) is 2. The predicted octanol–water partition coefficient (Wildman–Crippen LogP) is 0.627. The van der Waals surface area contributed by atoms with Crippen molar-refractivity contribution in [3.8, 4) is 5.75 Å². The highest BCUT2D eigenvalue weighted by Crippen LogP contribution is 2.27. The molecule has 13 nitrogen and oxygen atoms in total. The Morgan fingerprint density at radius 2 is 1.87 bits per heavy atom. The normalized spacial score (nSPS) is 16.1. The molecule has 1 aromatic carbocycles. The van der Waals surface area contributed by atoms with Crippen LogP contribution >= 0.6 is 11.3 Å². The van der Waals surface area contributed by atoms with Gasteiger partial charge in [0, 0.05) is 70.7 Å². The van der Waals surface area contributed by atoms with Gasteiger partial charge >= 0.3 is 5.69 Å². The average Bonchev–Trinajstić information content (AvgIpc) is 3.68. The van der Waals surface area contributed by atoms with Crippen molar-refractivity contribution in [2.45, 2.75) is 6.54 Å². The zero-order chi connectivity index (χ0) is 26.9. The second kappa shape index (κ2) is 10.8. The quantitative estimate of drug-likeness (QED) is 0.235. The standard InChI is InChI=1S/C25H32N10O3S/c1-30-25(36)33(24-29-22-21(35(24)30)20(28-17-34(22)26)23-27-7-16-39-23)13-10-31-8-11-32(12-9-31)18-3-5-19(6-4-18)38-15-14-37-2/h3-7,16H,8-15,17,26H2,1-2H3. The molecular weight excluding hydrogens is 520 g/mol. The molecular formula is C25H32N10O3S. The Labute approximate surface area is 229 Å². The molecule has 206 valence electrons. The van der Waals surface area contributed by atoms with Crippen molar-refractivity contribution >= 4 is 34.3 Å². The van der Waals surface area contributed by atoms with Gasteiger partial charge in [0.25, 0.3) is 0 Å². The summed E-state index contributed by atoms with van der Waals surface area (Å²) in [4.78, 5) is 31.8. The fraction of sp³-hybridized carbons (Fsp3) is 0.440. The maximum absolute atomic E-state index is 13.3. The molecule has 2 aliphatic rings. The van der Waals surface area contributed by atoms with Crippen molar-refractivity contribution < 1.29 is 9.47 Å². The van der Waals surface area contributed by atoms with Crippen LogP contribution in [0.5, 0.6) is 5.75 Å². The molecule has 14 heteroatoms. The first kappa shape index (κ1) is 25.6. The highest BCUT2D eigenvalue weighted by molar-refractivity contribution is 7.11. The highest BCUT2D eigenvalue weighted by atomic mass is 32.1. The van der Waals surface area contributed by atoms with Crippen LogP contribution in [0.15, 0.2) is 45.6 Å². The number of nitrogens with two attached hydrogens (primary N) is 1. The summed E-state index contributed by atoms with van der Waals surface area (Å²) in [6.45, 7) is 6.31. The number of thiazole rings is 1. The van der Waals surface area contributed by atoms with E-state index in [1.54, 1.807) is 34.1 Å². The summed E-state index contributed by atoms with van der Waals surface area (Å²) in [5, 5.41) is 4.19. The van der Waals surface area contributed by atoms with Crippen LogP contribution < -0.4 is 26.2 Å². The Kier molecular flexibility index (Phi) is 7.08. The van der Waals surface area contributed by atoms with Crippen molar-refractivity contribution in [1.29, 1.82) is 0 Å². The number of benzene rings is 1. The van der Waals surface area contributed by atoms with E-state index in [9.17, 15) is 4.79 Å². The molecule has 39 heavy (non-hydrogen) atoms. The fourth-order valence-corrected chi connectivity index (χ4v) is 5.71. The maximum Gasteiger partial charge on any atom is 0.345 e. The molecule has 2 N–H and O–H groups in total. The van der Waals surface area contributed by atoms with E-state index in [0.29, 0.717) is 42.8 Å². The second-order valence-corrected chi connectivity index (χ2v) is 10.4. The number of imidazole rings is 1. The smallest absolute Gasteiger partial charge is 0.345 e. The number of hydrogen-bond donors (Lipinski definition) is 1. The SMILES string of the molecule is COCCOc1ccc(N2CCN(CCn3c(=O)n(C)n4c5c(nc34)N(N)CN=C5c3nccs3)CC2)cc1. The second-order valence-electron chi connectivity index (χ2n) is 9.47. The predicted molar refractivity (Wildman–Crippen MR) is 150 cm³/mol. The molecule has 0 spiro atoms. The average molecular weight is 553 g/mol. The lowest BCUT2D eigenvalue weighted by molar-refractivity contribution is 0.146. The molecule has 6 rings (SSSR count). The van der Waals surface area contributed by atoms with Crippen molar-refractivity contribution in [3.05, 3.63) is 57.0 Å². The number of fused-ring (bicyclic) bond motifs is 3. The summed E-state index contributed by atoms with van der Waals surface area (Å²) in [6.07, 6.45) is 1.74. The summed E-state index contributed by atoms with van der Waals surface area (Å²) in [7, 11) is 3.41. The number of aliphatic imine (C=N–C) groups is 1. The van der Waals surface area contributed by atoms with E-state index >= 15 is 0 Å². The number of piperazine rings is 1. The van der Waals surface area contributed by atoms with E-state index in [1.807, 2.05) is 17.5 Å². The zero-order valence-electron chi connectivity index (χ0n) is 22.1. The minimum atomic E-state index is -0.126. The molecule has 5 heterocycles. The van der Waals surface area contributed by atoms with Gasteiger partial charge in [0.05, 0.1) is 6.61 Å².